The molecule has 6 N–H and O–H groups in total. The van der Waals surface area contributed by atoms with Crippen LogP contribution in [0.4, 0.5) is 0 Å². The van der Waals surface area contributed by atoms with Crippen LogP contribution in [0, 0.1) is 5.41 Å². The number of hydrogen-bond acceptors (Lipinski definition) is 8. The molecule has 11 nitrogen and oxygen atoms in total. The van der Waals surface area contributed by atoms with Gasteiger partial charge >= 0.3 is 0 Å². The molecule has 242 valence electrons. The number of nitrogens with zero attached hydrogens (tertiary/aromatic N) is 2. The number of aromatic nitrogens is 2. The number of primary amides is 1. The number of ether oxygens (including phenoxy) is 2. The van der Waals surface area contributed by atoms with Gasteiger partial charge in [0.25, 0.3) is 5.91 Å². The number of amides is 2. The molecular formula is C35H40N4O7. The summed E-state index contributed by atoms with van der Waals surface area (Å²) in [6, 6.07) is 14.4. The molecule has 2 aromatic heterocycles. The van der Waals surface area contributed by atoms with Gasteiger partial charge in [-0.1, -0.05) is 12.1 Å². The first-order valence-electron chi connectivity index (χ1n) is 15.5. The van der Waals surface area contributed by atoms with E-state index in [-0.39, 0.29) is 49.7 Å². The third-order valence-corrected chi connectivity index (χ3v) is 8.85. The van der Waals surface area contributed by atoms with Crippen LogP contribution in [-0.4, -0.2) is 61.1 Å². The highest BCUT2D eigenvalue weighted by Gasteiger charge is 2.54. The summed E-state index contributed by atoms with van der Waals surface area (Å²) in [5, 5.41) is 36.7. The molecule has 4 aromatic rings. The van der Waals surface area contributed by atoms with E-state index in [2.05, 4.69) is 10.4 Å². The maximum Gasteiger partial charge on any atom is 0.252 e. The summed E-state index contributed by atoms with van der Waals surface area (Å²) in [4.78, 5) is 25.1. The number of carbonyl (C=O) groups is 2. The zero-order chi connectivity index (χ0) is 32.6. The molecule has 6 rings (SSSR count). The monoisotopic (exact) mass is 628 g/mol. The maximum absolute atomic E-state index is 12.9. The van der Waals surface area contributed by atoms with E-state index in [1.165, 1.54) is 0 Å². The minimum Gasteiger partial charge on any atom is -0.490 e. The Morgan fingerprint density at radius 3 is 2.39 bits per heavy atom. The quantitative estimate of drug-likeness (QED) is 0.159. The third kappa shape index (κ3) is 6.86. The summed E-state index contributed by atoms with van der Waals surface area (Å²) in [5.41, 5.74) is 9.70. The molecule has 11 heteroatoms. The van der Waals surface area contributed by atoms with Crippen molar-refractivity contribution in [2.75, 3.05) is 6.61 Å². The van der Waals surface area contributed by atoms with Crippen LogP contribution in [0.25, 0.3) is 16.6 Å². The number of benzene rings is 2. The van der Waals surface area contributed by atoms with Crippen LogP contribution >= 0.6 is 0 Å². The summed E-state index contributed by atoms with van der Waals surface area (Å²) in [6.45, 7) is 3.20. The lowest BCUT2D eigenvalue weighted by Gasteiger charge is -2.57. The summed E-state index contributed by atoms with van der Waals surface area (Å²) >= 11 is 0. The smallest absolute Gasteiger partial charge is 0.252 e. The Hall–Kier alpha value is -4.45. The second kappa shape index (κ2) is 12.4. The maximum atomic E-state index is 12.9. The van der Waals surface area contributed by atoms with Crippen LogP contribution in [0.3, 0.4) is 0 Å². The molecule has 0 bridgehead atoms. The molecule has 2 fully saturated rings. The number of pyridine rings is 1. The number of nitrogens with one attached hydrogen (secondary N) is 1. The topological polar surface area (TPSA) is 169 Å². The van der Waals surface area contributed by atoms with Gasteiger partial charge < -0.3 is 35.8 Å². The molecule has 0 radical (unpaired) electrons. The molecule has 0 atom stereocenters. The molecule has 1 spiro atoms. The first kappa shape index (κ1) is 31.5. The van der Waals surface area contributed by atoms with Crippen molar-refractivity contribution < 1.29 is 34.4 Å². The summed E-state index contributed by atoms with van der Waals surface area (Å²) in [7, 11) is 0. The van der Waals surface area contributed by atoms with Gasteiger partial charge in [-0.25, -0.2) is 4.52 Å². The number of hydrogen-bond donors (Lipinski definition) is 5. The van der Waals surface area contributed by atoms with Gasteiger partial charge in [0.05, 0.1) is 54.8 Å². The molecular weight excluding hydrogens is 588 g/mol. The Labute approximate surface area is 267 Å². The molecule has 2 saturated carbocycles. The van der Waals surface area contributed by atoms with Gasteiger partial charge in [-0.15, -0.1) is 0 Å². The SMILES string of the molecule is CC(C)(O)COc1ccc2c(CC(=O)NC3CC4(C3)CC(Oc3cc(-c5cc(CO)cc(CO)c5)ccc3C(N)=O)C4)cnn2c1. The fraction of sp³-hybridized carbons (Fsp3) is 0.400. The van der Waals surface area contributed by atoms with Crippen LogP contribution in [0.2, 0.25) is 0 Å². The Bertz CT molecular complexity index is 1740. The molecule has 0 saturated heterocycles. The highest BCUT2D eigenvalue weighted by Crippen LogP contribution is 2.57. The van der Waals surface area contributed by atoms with E-state index in [4.69, 9.17) is 15.2 Å². The molecule has 2 aliphatic rings. The average molecular weight is 629 g/mol. The van der Waals surface area contributed by atoms with Gasteiger partial charge in [0.1, 0.15) is 18.1 Å². The largest absolute Gasteiger partial charge is 0.490 e. The van der Waals surface area contributed by atoms with E-state index in [9.17, 15) is 24.9 Å². The van der Waals surface area contributed by atoms with E-state index in [0.717, 1.165) is 47.9 Å². The Morgan fingerprint density at radius 2 is 1.74 bits per heavy atom. The molecule has 0 unspecified atom stereocenters. The van der Waals surface area contributed by atoms with E-state index in [1.807, 2.05) is 18.2 Å². The van der Waals surface area contributed by atoms with Crippen LogP contribution < -0.4 is 20.5 Å². The van der Waals surface area contributed by atoms with Crippen LogP contribution in [0.5, 0.6) is 11.5 Å². The van der Waals surface area contributed by atoms with Gasteiger partial charge in [-0.2, -0.15) is 5.10 Å². The summed E-state index contributed by atoms with van der Waals surface area (Å²) in [6.07, 6.45) is 6.96. The first-order valence-corrected chi connectivity index (χ1v) is 15.5. The summed E-state index contributed by atoms with van der Waals surface area (Å²) < 4.78 is 13.6. The highest BCUT2D eigenvalue weighted by atomic mass is 16.5. The normalized spacial score (nSPS) is 20.6. The number of rotatable bonds is 12. The van der Waals surface area contributed by atoms with Crippen LogP contribution in [0.1, 0.15) is 66.6 Å². The zero-order valence-corrected chi connectivity index (χ0v) is 26.0. The number of aliphatic hydroxyl groups is 3. The lowest BCUT2D eigenvalue weighted by molar-refractivity contribution is -0.126. The number of carbonyl (C=O) groups excluding carboxylic acids is 2. The predicted molar refractivity (Wildman–Crippen MR) is 170 cm³/mol. The van der Waals surface area contributed by atoms with Crippen molar-refractivity contribution in [1.29, 1.82) is 0 Å². The lowest BCUT2D eigenvalue weighted by Crippen LogP contribution is -2.59. The van der Waals surface area contributed by atoms with Crippen molar-refractivity contribution in [3.05, 3.63) is 83.2 Å². The van der Waals surface area contributed by atoms with Gasteiger partial charge in [0.2, 0.25) is 5.91 Å². The zero-order valence-electron chi connectivity index (χ0n) is 26.0. The van der Waals surface area contributed by atoms with E-state index in [0.29, 0.717) is 28.2 Å². The Kier molecular flexibility index (Phi) is 8.49. The Balaban J connectivity index is 1.02. The standard InChI is InChI=1S/C35H40N4O7/c1-34(2,44)20-45-27-4-6-30-25(16-37-39(30)17-27)11-32(42)38-26-12-35(13-26)14-28(15-35)46-31-10-23(3-5-29(31)33(36)43)24-8-21(18-40)7-22(9-24)19-41/h3-10,16-17,26,28,40-41,44H,11-15,18-20H2,1-2H3,(H2,36,43)(H,38,42). The highest BCUT2D eigenvalue weighted by molar-refractivity contribution is 5.96. The second-order valence-electron chi connectivity index (χ2n) is 13.4. The van der Waals surface area contributed by atoms with Crippen molar-refractivity contribution >= 4 is 17.3 Å². The predicted octanol–water partition coefficient (Wildman–Crippen LogP) is 3.28. The van der Waals surface area contributed by atoms with Crippen molar-refractivity contribution in [3.8, 4) is 22.6 Å². The van der Waals surface area contributed by atoms with Crippen molar-refractivity contribution in [2.24, 2.45) is 11.1 Å². The average Bonchev–Trinajstić information content (AvgIpc) is 3.38. The fourth-order valence-corrected chi connectivity index (χ4v) is 6.66. The van der Waals surface area contributed by atoms with E-state index in [1.54, 1.807) is 61.1 Å². The summed E-state index contributed by atoms with van der Waals surface area (Å²) in [5.74, 6) is 0.368. The van der Waals surface area contributed by atoms with Gasteiger partial charge in [0.15, 0.2) is 0 Å². The third-order valence-electron chi connectivity index (χ3n) is 8.85. The molecule has 46 heavy (non-hydrogen) atoms. The fourth-order valence-electron chi connectivity index (χ4n) is 6.66. The van der Waals surface area contributed by atoms with Gasteiger partial charge in [0, 0.05) is 11.6 Å². The molecule has 2 aliphatic carbocycles. The minimum atomic E-state index is -0.947. The van der Waals surface area contributed by atoms with Crippen LogP contribution in [-0.2, 0) is 24.4 Å². The van der Waals surface area contributed by atoms with Crippen molar-refractivity contribution in [1.82, 2.24) is 14.9 Å². The number of fused-ring (bicyclic) bond motifs is 1. The van der Waals surface area contributed by atoms with Crippen molar-refractivity contribution in [3.63, 3.8) is 0 Å². The van der Waals surface area contributed by atoms with E-state index < -0.39 is 11.5 Å². The number of aliphatic hydroxyl groups excluding tert-OH is 2. The van der Waals surface area contributed by atoms with Crippen LogP contribution in [0.15, 0.2) is 60.9 Å². The molecule has 2 aromatic carbocycles. The first-order chi connectivity index (χ1) is 21.9. The second-order valence-corrected chi connectivity index (χ2v) is 13.4. The van der Waals surface area contributed by atoms with Gasteiger partial charge in [-0.05, 0) is 104 Å². The molecule has 0 aliphatic heterocycles. The number of nitrogens with two attached hydrogens (primary N) is 1. The van der Waals surface area contributed by atoms with E-state index >= 15 is 0 Å². The van der Waals surface area contributed by atoms with Crippen molar-refractivity contribution in [2.45, 2.75) is 76.9 Å². The lowest BCUT2D eigenvalue weighted by atomic mass is 9.53. The Morgan fingerprint density at radius 1 is 1.02 bits per heavy atom. The van der Waals surface area contributed by atoms with Gasteiger partial charge in [-0.3, -0.25) is 9.59 Å². The minimum absolute atomic E-state index is 0.0539. The molecule has 2 heterocycles. The molecule has 2 amide bonds.